The SMILES string of the molecule is Cc1noc(C)c1CC(=O)Nc1ccc(CN2CCN(Cc3ccccc3)CC2)cc1. The molecule has 1 saturated heterocycles. The first-order chi connectivity index (χ1) is 15.1. The average Bonchev–Trinajstić information content (AvgIpc) is 3.09. The number of carbonyl (C=O) groups excluding carboxylic acids is 1. The van der Waals surface area contributed by atoms with Crippen LogP contribution >= 0.6 is 0 Å². The summed E-state index contributed by atoms with van der Waals surface area (Å²) in [6, 6.07) is 18.8. The second kappa shape index (κ2) is 9.90. The molecule has 2 aromatic carbocycles. The number of piperazine rings is 1. The highest BCUT2D eigenvalue weighted by molar-refractivity contribution is 5.92. The Morgan fingerprint density at radius 2 is 1.48 bits per heavy atom. The molecule has 162 valence electrons. The second-order valence-corrected chi connectivity index (χ2v) is 8.26. The van der Waals surface area contributed by atoms with Crippen molar-refractivity contribution >= 4 is 11.6 Å². The first-order valence-corrected chi connectivity index (χ1v) is 10.9. The molecule has 0 bridgehead atoms. The Hall–Kier alpha value is -2.96. The molecule has 0 spiro atoms. The molecule has 0 radical (unpaired) electrons. The van der Waals surface area contributed by atoms with E-state index in [1.54, 1.807) is 0 Å². The number of nitrogens with zero attached hydrogens (tertiary/aromatic N) is 3. The van der Waals surface area contributed by atoms with Gasteiger partial charge in [0.25, 0.3) is 0 Å². The summed E-state index contributed by atoms with van der Waals surface area (Å²) in [4.78, 5) is 17.4. The highest BCUT2D eigenvalue weighted by atomic mass is 16.5. The van der Waals surface area contributed by atoms with Crippen molar-refractivity contribution in [1.29, 1.82) is 0 Å². The fourth-order valence-electron chi connectivity index (χ4n) is 4.02. The van der Waals surface area contributed by atoms with Crippen molar-refractivity contribution in [3.8, 4) is 0 Å². The Labute approximate surface area is 183 Å². The predicted molar refractivity (Wildman–Crippen MR) is 122 cm³/mol. The van der Waals surface area contributed by atoms with Gasteiger partial charge in [0.1, 0.15) is 5.76 Å². The molecule has 0 saturated carbocycles. The molecular formula is C25H30N4O2. The lowest BCUT2D eigenvalue weighted by Crippen LogP contribution is -2.45. The van der Waals surface area contributed by atoms with Crippen LogP contribution in [-0.2, 0) is 24.3 Å². The largest absolute Gasteiger partial charge is 0.361 e. The summed E-state index contributed by atoms with van der Waals surface area (Å²) in [6.07, 6.45) is 0.274. The first-order valence-electron chi connectivity index (χ1n) is 10.9. The quantitative estimate of drug-likeness (QED) is 0.633. The number of aryl methyl sites for hydroxylation is 2. The van der Waals surface area contributed by atoms with Crippen molar-refractivity contribution in [3.05, 3.63) is 82.7 Å². The number of amides is 1. The molecule has 4 rings (SSSR count). The summed E-state index contributed by atoms with van der Waals surface area (Å²) >= 11 is 0. The van der Waals surface area contributed by atoms with Gasteiger partial charge in [0.05, 0.1) is 12.1 Å². The molecule has 6 nitrogen and oxygen atoms in total. The van der Waals surface area contributed by atoms with E-state index in [4.69, 9.17) is 4.52 Å². The first kappa shape index (κ1) is 21.3. The van der Waals surface area contributed by atoms with Crippen LogP contribution < -0.4 is 5.32 Å². The highest BCUT2D eigenvalue weighted by Crippen LogP contribution is 2.16. The zero-order chi connectivity index (χ0) is 21.6. The molecule has 1 fully saturated rings. The molecule has 1 aliphatic heterocycles. The number of rotatable bonds is 7. The Bertz CT molecular complexity index is 971. The van der Waals surface area contributed by atoms with Gasteiger partial charge in [-0.3, -0.25) is 14.6 Å². The van der Waals surface area contributed by atoms with E-state index in [0.717, 1.165) is 56.2 Å². The Kier molecular flexibility index (Phi) is 6.79. The van der Waals surface area contributed by atoms with Gasteiger partial charge in [-0.2, -0.15) is 0 Å². The van der Waals surface area contributed by atoms with Crippen LogP contribution in [0.5, 0.6) is 0 Å². The Morgan fingerprint density at radius 3 is 2.03 bits per heavy atom. The van der Waals surface area contributed by atoms with Gasteiger partial charge in [-0.05, 0) is 37.1 Å². The van der Waals surface area contributed by atoms with Gasteiger partial charge in [-0.15, -0.1) is 0 Å². The van der Waals surface area contributed by atoms with E-state index in [1.165, 1.54) is 11.1 Å². The second-order valence-electron chi connectivity index (χ2n) is 8.26. The van der Waals surface area contributed by atoms with E-state index in [-0.39, 0.29) is 12.3 Å². The Morgan fingerprint density at radius 1 is 0.903 bits per heavy atom. The fraction of sp³-hybridized carbons (Fsp3) is 0.360. The minimum absolute atomic E-state index is 0.0586. The Balaban J connectivity index is 1.23. The standard InChI is InChI=1S/C25H30N4O2/c1-19-24(20(2)31-27-19)16-25(30)26-23-10-8-22(9-11-23)18-29-14-12-28(13-15-29)17-21-6-4-3-5-7-21/h3-11H,12-18H2,1-2H3,(H,26,30). The molecule has 2 heterocycles. The fourth-order valence-corrected chi connectivity index (χ4v) is 4.02. The topological polar surface area (TPSA) is 61.6 Å². The van der Waals surface area contributed by atoms with Gasteiger partial charge in [-0.1, -0.05) is 47.6 Å². The van der Waals surface area contributed by atoms with Crippen molar-refractivity contribution < 1.29 is 9.32 Å². The van der Waals surface area contributed by atoms with Gasteiger partial charge < -0.3 is 9.84 Å². The third-order valence-corrected chi connectivity index (χ3v) is 5.88. The lowest BCUT2D eigenvalue weighted by atomic mass is 10.1. The van der Waals surface area contributed by atoms with Crippen molar-refractivity contribution in [1.82, 2.24) is 15.0 Å². The molecule has 3 aromatic rings. The summed E-state index contributed by atoms with van der Waals surface area (Å²) in [7, 11) is 0. The number of benzene rings is 2. The monoisotopic (exact) mass is 418 g/mol. The number of carbonyl (C=O) groups is 1. The number of nitrogens with one attached hydrogen (secondary N) is 1. The number of hydrogen-bond donors (Lipinski definition) is 1. The van der Waals surface area contributed by atoms with Crippen molar-refractivity contribution in [2.45, 2.75) is 33.4 Å². The molecule has 1 N–H and O–H groups in total. The van der Waals surface area contributed by atoms with Crippen LogP contribution in [0, 0.1) is 13.8 Å². The van der Waals surface area contributed by atoms with Crippen LogP contribution in [0.3, 0.4) is 0 Å². The van der Waals surface area contributed by atoms with E-state index in [2.05, 4.69) is 62.7 Å². The molecular weight excluding hydrogens is 388 g/mol. The van der Waals surface area contributed by atoms with Gasteiger partial charge in [0.2, 0.25) is 5.91 Å². The summed E-state index contributed by atoms with van der Waals surface area (Å²) in [5.41, 5.74) is 5.09. The third-order valence-electron chi connectivity index (χ3n) is 5.88. The van der Waals surface area contributed by atoms with E-state index < -0.39 is 0 Å². The van der Waals surface area contributed by atoms with Crippen molar-refractivity contribution in [2.75, 3.05) is 31.5 Å². The van der Waals surface area contributed by atoms with E-state index in [9.17, 15) is 4.79 Å². The van der Waals surface area contributed by atoms with Crippen molar-refractivity contribution in [3.63, 3.8) is 0 Å². The van der Waals surface area contributed by atoms with Gasteiger partial charge in [-0.25, -0.2) is 0 Å². The molecule has 1 aromatic heterocycles. The minimum Gasteiger partial charge on any atom is -0.361 e. The van der Waals surface area contributed by atoms with Crippen LogP contribution in [0.25, 0.3) is 0 Å². The zero-order valence-electron chi connectivity index (χ0n) is 18.3. The smallest absolute Gasteiger partial charge is 0.228 e. The van der Waals surface area contributed by atoms with Crippen LogP contribution in [0.2, 0.25) is 0 Å². The zero-order valence-corrected chi connectivity index (χ0v) is 18.3. The van der Waals surface area contributed by atoms with Crippen LogP contribution in [0.4, 0.5) is 5.69 Å². The highest BCUT2D eigenvalue weighted by Gasteiger charge is 2.17. The van der Waals surface area contributed by atoms with E-state index in [1.807, 2.05) is 26.0 Å². The van der Waals surface area contributed by atoms with E-state index >= 15 is 0 Å². The summed E-state index contributed by atoms with van der Waals surface area (Å²) in [6.45, 7) is 9.97. The summed E-state index contributed by atoms with van der Waals surface area (Å²) < 4.78 is 5.13. The van der Waals surface area contributed by atoms with Gasteiger partial charge >= 0.3 is 0 Å². The average molecular weight is 419 g/mol. The number of aromatic nitrogens is 1. The minimum atomic E-state index is -0.0586. The van der Waals surface area contributed by atoms with Crippen LogP contribution in [-0.4, -0.2) is 47.0 Å². The van der Waals surface area contributed by atoms with Gasteiger partial charge in [0, 0.05) is 50.5 Å². The molecule has 0 aliphatic carbocycles. The third kappa shape index (κ3) is 5.81. The maximum Gasteiger partial charge on any atom is 0.228 e. The maximum atomic E-state index is 12.4. The maximum absolute atomic E-state index is 12.4. The lowest BCUT2D eigenvalue weighted by Gasteiger charge is -2.34. The molecule has 31 heavy (non-hydrogen) atoms. The summed E-state index contributed by atoms with van der Waals surface area (Å²) in [5, 5.41) is 6.87. The predicted octanol–water partition coefficient (Wildman–Crippen LogP) is 3.79. The van der Waals surface area contributed by atoms with Crippen LogP contribution in [0.1, 0.15) is 28.1 Å². The van der Waals surface area contributed by atoms with Crippen LogP contribution in [0.15, 0.2) is 59.1 Å². The normalized spacial score (nSPS) is 15.2. The van der Waals surface area contributed by atoms with E-state index in [0.29, 0.717) is 5.76 Å². The number of hydrogen-bond acceptors (Lipinski definition) is 5. The molecule has 0 atom stereocenters. The summed E-state index contributed by atoms with van der Waals surface area (Å²) in [5.74, 6) is 0.642. The lowest BCUT2D eigenvalue weighted by molar-refractivity contribution is -0.115. The molecule has 1 amide bonds. The molecule has 0 unspecified atom stereocenters. The number of anilines is 1. The molecule has 6 heteroatoms. The van der Waals surface area contributed by atoms with Gasteiger partial charge in [0.15, 0.2) is 0 Å². The van der Waals surface area contributed by atoms with Crippen molar-refractivity contribution in [2.24, 2.45) is 0 Å². The molecule has 1 aliphatic rings.